The van der Waals surface area contributed by atoms with Gasteiger partial charge in [0.15, 0.2) is 0 Å². The van der Waals surface area contributed by atoms with Gasteiger partial charge in [0.05, 0.1) is 0 Å². The number of hydrogen-bond acceptors (Lipinski definition) is 2. The highest BCUT2D eigenvalue weighted by molar-refractivity contribution is 5.94. The first-order valence-corrected chi connectivity index (χ1v) is 11.0. The highest BCUT2D eigenvalue weighted by atomic mass is 19.1. The minimum Gasteiger partial charge on any atom is -0.338 e. The summed E-state index contributed by atoms with van der Waals surface area (Å²) in [6.07, 6.45) is 4.63. The zero-order valence-corrected chi connectivity index (χ0v) is 18.4. The van der Waals surface area contributed by atoms with Gasteiger partial charge in [-0.15, -0.1) is 0 Å². The summed E-state index contributed by atoms with van der Waals surface area (Å²) >= 11 is 0. The molecule has 2 aromatic carbocycles. The van der Waals surface area contributed by atoms with Crippen molar-refractivity contribution in [1.82, 2.24) is 9.88 Å². The number of pyridine rings is 1. The normalized spacial score (nSPS) is 18.2. The van der Waals surface area contributed by atoms with Crippen molar-refractivity contribution in [1.29, 1.82) is 0 Å². The molecule has 4 rings (SSSR count). The molecule has 0 aliphatic carbocycles. The van der Waals surface area contributed by atoms with Crippen molar-refractivity contribution in [3.8, 4) is 0 Å². The Balaban J connectivity index is 1.54. The van der Waals surface area contributed by atoms with Gasteiger partial charge in [-0.2, -0.15) is 0 Å². The third kappa shape index (κ3) is 4.12. The largest absolute Gasteiger partial charge is 0.338 e. The fraction of sp³-hybridized carbons (Fsp3) is 0.333. The maximum Gasteiger partial charge on any atom is 0.253 e. The van der Waals surface area contributed by atoms with Crippen molar-refractivity contribution in [3.63, 3.8) is 0 Å². The molecule has 0 saturated carbocycles. The average molecular weight is 417 g/mol. The molecule has 2 atom stereocenters. The van der Waals surface area contributed by atoms with E-state index < -0.39 is 0 Å². The highest BCUT2D eigenvalue weighted by Crippen LogP contribution is 2.39. The number of hydrogen-bond donors (Lipinski definition) is 0. The van der Waals surface area contributed by atoms with E-state index in [0.29, 0.717) is 11.5 Å². The Hall–Kier alpha value is -3.01. The molecule has 1 aromatic heterocycles. The van der Waals surface area contributed by atoms with E-state index >= 15 is 0 Å². The Labute approximate surface area is 183 Å². The molecular formula is C27H29FN2O. The monoisotopic (exact) mass is 416 g/mol. The number of carbonyl (C=O) groups is 1. The number of nitrogens with zero attached hydrogens (tertiary/aromatic N) is 2. The quantitative estimate of drug-likeness (QED) is 0.526. The van der Waals surface area contributed by atoms with Crippen molar-refractivity contribution < 1.29 is 9.18 Å². The molecular weight excluding hydrogens is 387 g/mol. The van der Waals surface area contributed by atoms with Crippen LogP contribution in [-0.4, -0.2) is 28.9 Å². The van der Waals surface area contributed by atoms with Crippen molar-refractivity contribution in [3.05, 3.63) is 101 Å². The lowest BCUT2D eigenvalue weighted by Gasteiger charge is -2.35. The first-order valence-electron chi connectivity index (χ1n) is 11.0. The first-order chi connectivity index (χ1) is 14.9. The maximum absolute atomic E-state index is 13.9. The molecule has 1 saturated heterocycles. The third-order valence-corrected chi connectivity index (χ3v) is 6.94. The number of benzene rings is 2. The first kappa shape index (κ1) is 21.2. The fourth-order valence-electron chi connectivity index (χ4n) is 4.62. The molecule has 0 radical (unpaired) electrons. The Kier molecular flexibility index (Phi) is 5.90. The van der Waals surface area contributed by atoms with Gasteiger partial charge in [-0.3, -0.25) is 9.78 Å². The van der Waals surface area contributed by atoms with Crippen LogP contribution in [0.2, 0.25) is 0 Å². The smallest absolute Gasteiger partial charge is 0.253 e. The summed E-state index contributed by atoms with van der Waals surface area (Å²) in [5.74, 6) is 0.437. The lowest BCUT2D eigenvalue weighted by atomic mass is 9.68. The number of carbonyl (C=O) groups excluding carboxylic acids is 1. The van der Waals surface area contributed by atoms with Crippen LogP contribution >= 0.6 is 0 Å². The highest BCUT2D eigenvalue weighted by Gasteiger charge is 2.33. The van der Waals surface area contributed by atoms with Crippen LogP contribution in [0.3, 0.4) is 0 Å². The van der Waals surface area contributed by atoms with E-state index in [9.17, 15) is 9.18 Å². The number of aromatic nitrogens is 1. The number of rotatable bonds is 5. The van der Waals surface area contributed by atoms with Crippen LogP contribution in [0.25, 0.3) is 0 Å². The summed E-state index contributed by atoms with van der Waals surface area (Å²) in [6.45, 7) is 7.91. The molecule has 4 heteroatoms. The van der Waals surface area contributed by atoms with Gasteiger partial charge in [0.2, 0.25) is 0 Å². The molecule has 3 nitrogen and oxygen atoms in total. The van der Waals surface area contributed by atoms with E-state index in [-0.39, 0.29) is 23.1 Å². The Morgan fingerprint density at radius 2 is 1.87 bits per heavy atom. The molecule has 0 N–H and O–H groups in total. The van der Waals surface area contributed by atoms with Gasteiger partial charge < -0.3 is 4.90 Å². The molecule has 3 aromatic rings. The van der Waals surface area contributed by atoms with Crippen LogP contribution in [0.4, 0.5) is 4.39 Å². The summed E-state index contributed by atoms with van der Waals surface area (Å²) in [6, 6.07) is 18.7. The van der Waals surface area contributed by atoms with Gasteiger partial charge in [-0.1, -0.05) is 51.1 Å². The fourth-order valence-corrected chi connectivity index (χ4v) is 4.62. The van der Waals surface area contributed by atoms with Crippen molar-refractivity contribution in [2.75, 3.05) is 13.1 Å². The number of amides is 1. The Bertz CT molecular complexity index is 1050. The number of halogens is 1. The van der Waals surface area contributed by atoms with Crippen LogP contribution in [0.1, 0.15) is 60.2 Å². The van der Waals surface area contributed by atoms with Crippen LogP contribution in [0.5, 0.6) is 0 Å². The van der Waals surface area contributed by atoms with Gasteiger partial charge in [0.1, 0.15) is 5.82 Å². The zero-order chi connectivity index (χ0) is 22.0. The van der Waals surface area contributed by atoms with Crippen LogP contribution in [0, 0.1) is 11.7 Å². The van der Waals surface area contributed by atoms with Crippen LogP contribution in [-0.2, 0) is 5.41 Å². The van der Waals surface area contributed by atoms with Gasteiger partial charge in [-0.05, 0) is 59.4 Å². The Morgan fingerprint density at radius 1 is 1.10 bits per heavy atom. The van der Waals surface area contributed by atoms with Crippen LogP contribution in [0.15, 0.2) is 73.1 Å². The van der Waals surface area contributed by atoms with E-state index in [1.54, 1.807) is 18.3 Å². The average Bonchev–Trinajstić information content (AvgIpc) is 3.29. The SMILES string of the molecule is CC(C)C(C)(c1ccc(C(=O)N2CCC(c3cccnc3)C2)cc1)c1cccc(F)c1. The topological polar surface area (TPSA) is 33.2 Å². The van der Waals surface area contributed by atoms with Gasteiger partial charge in [-0.25, -0.2) is 4.39 Å². The third-order valence-electron chi connectivity index (χ3n) is 6.94. The molecule has 0 spiro atoms. The summed E-state index contributed by atoms with van der Waals surface area (Å²) < 4.78 is 13.9. The number of likely N-dealkylation sites (tertiary alicyclic amines) is 1. The van der Waals surface area contributed by atoms with E-state index in [4.69, 9.17) is 0 Å². The molecule has 2 unspecified atom stereocenters. The summed E-state index contributed by atoms with van der Waals surface area (Å²) in [5.41, 5.74) is 3.57. The Morgan fingerprint density at radius 3 is 2.52 bits per heavy atom. The second-order valence-electron chi connectivity index (χ2n) is 8.97. The molecule has 31 heavy (non-hydrogen) atoms. The lowest BCUT2D eigenvalue weighted by Crippen LogP contribution is -2.31. The zero-order valence-electron chi connectivity index (χ0n) is 18.4. The second-order valence-corrected chi connectivity index (χ2v) is 8.97. The van der Waals surface area contributed by atoms with Gasteiger partial charge in [0, 0.05) is 42.4 Å². The second kappa shape index (κ2) is 8.62. The molecule has 1 amide bonds. The lowest BCUT2D eigenvalue weighted by molar-refractivity contribution is 0.0790. The molecule has 0 bridgehead atoms. The summed E-state index contributed by atoms with van der Waals surface area (Å²) in [5, 5.41) is 0. The van der Waals surface area contributed by atoms with E-state index in [0.717, 1.165) is 30.6 Å². The van der Waals surface area contributed by atoms with Crippen molar-refractivity contribution in [2.24, 2.45) is 5.92 Å². The summed E-state index contributed by atoms with van der Waals surface area (Å²) in [4.78, 5) is 19.2. The van der Waals surface area contributed by atoms with Crippen molar-refractivity contribution >= 4 is 5.91 Å². The van der Waals surface area contributed by atoms with E-state index in [1.807, 2.05) is 47.5 Å². The minimum absolute atomic E-state index is 0.0648. The van der Waals surface area contributed by atoms with E-state index in [1.165, 1.54) is 11.6 Å². The predicted octanol–water partition coefficient (Wildman–Crippen LogP) is 5.81. The van der Waals surface area contributed by atoms with Crippen LogP contribution < -0.4 is 0 Å². The van der Waals surface area contributed by atoms with Gasteiger partial charge >= 0.3 is 0 Å². The molecule has 1 aliphatic rings. The molecule has 160 valence electrons. The molecule has 2 heterocycles. The molecule has 1 fully saturated rings. The van der Waals surface area contributed by atoms with Crippen molar-refractivity contribution in [2.45, 2.75) is 38.5 Å². The standard InChI is InChI=1S/C27H29FN2O/c1-19(2)27(3,24-7-4-8-25(28)16-24)23-11-9-20(10-12-23)26(31)30-15-13-22(18-30)21-6-5-14-29-17-21/h4-12,14,16-17,19,22H,13,15,18H2,1-3H3. The summed E-state index contributed by atoms with van der Waals surface area (Å²) in [7, 11) is 0. The van der Waals surface area contributed by atoms with E-state index in [2.05, 4.69) is 31.8 Å². The maximum atomic E-state index is 13.9. The predicted molar refractivity (Wildman–Crippen MR) is 122 cm³/mol. The minimum atomic E-state index is -0.345. The molecule has 1 aliphatic heterocycles. The van der Waals surface area contributed by atoms with Gasteiger partial charge in [0.25, 0.3) is 5.91 Å².